The van der Waals surface area contributed by atoms with Gasteiger partial charge in [-0.1, -0.05) is 44.3 Å². The minimum atomic E-state index is -1.09. The van der Waals surface area contributed by atoms with E-state index in [0.717, 1.165) is 21.6 Å². The number of benzene rings is 1. The van der Waals surface area contributed by atoms with Crippen LogP contribution in [0.5, 0.6) is 0 Å². The van der Waals surface area contributed by atoms with E-state index in [9.17, 15) is 19.5 Å². The van der Waals surface area contributed by atoms with Gasteiger partial charge in [-0.05, 0) is 43.1 Å². The number of amides is 2. The van der Waals surface area contributed by atoms with Crippen molar-refractivity contribution in [3.8, 4) is 0 Å². The van der Waals surface area contributed by atoms with Crippen LogP contribution in [0.4, 0.5) is 4.79 Å². The van der Waals surface area contributed by atoms with Gasteiger partial charge in [-0.3, -0.25) is 14.2 Å². The number of thiocarbonyl (C=S) groups is 1. The Kier molecular flexibility index (Phi) is 6.65. The number of thioether (sulfide) groups is 1. The van der Waals surface area contributed by atoms with Gasteiger partial charge in [0.1, 0.15) is 12.1 Å². The number of hydrogen-bond donors (Lipinski definition) is 2. The summed E-state index contributed by atoms with van der Waals surface area (Å²) >= 11 is 7.14. The van der Waals surface area contributed by atoms with E-state index in [4.69, 9.17) is 12.2 Å². The third kappa shape index (κ3) is 4.29. The van der Waals surface area contributed by atoms with Crippen molar-refractivity contribution in [2.45, 2.75) is 57.1 Å². The molecule has 3 heterocycles. The second kappa shape index (κ2) is 9.22. The van der Waals surface area contributed by atoms with Crippen molar-refractivity contribution in [3.05, 3.63) is 36.5 Å². The number of fused-ring (bicyclic) bond motifs is 2. The number of carbonyl (C=O) groups is 3. The van der Waals surface area contributed by atoms with Gasteiger partial charge in [0.25, 0.3) is 5.91 Å². The first-order chi connectivity index (χ1) is 16.0. The first-order valence-corrected chi connectivity index (χ1v) is 12.8. The number of aromatic nitrogens is 1. The van der Waals surface area contributed by atoms with E-state index < -0.39 is 29.6 Å². The molecule has 2 saturated heterocycles. The van der Waals surface area contributed by atoms with Gasteiger partial charge >= 0.3 is 6.09 Å². The van der Waals surface area contributed by atoms with E-state index in [2.05, 4.69) is 5.32 Å². The SMILES string of the molecule is CC(C(=S)N[C@H]1CCS[C@H]2CC(C)(C)[C@H](C(=O)n3ccc4ccccc43)N2C1=O)N(C)C(=O)O. The Hall–Kier alpha value is -2.59. The summed E-state index contributed by atoms with van der Waals surface area (Å²) in [6.45, 7) is 5.77. The van der Waals surface area contributed by atoms with E-state index in [-0.39, 0.29) is 17.2 Å². The Balaban J connectivity index is 1.63. The third-order valence-corrected chi connectivity index (χ3v) is 8.66. The fourth-order valence-corrected chi connectivity index (χ4v) is 6.74. The molecule has 1 aromatic heterocycles. The van der Waals surface area contributed by atoms with E-state index >= 15 is 0 Å². The maximum atomic E-state index is 13.9. The van der Waals surface area contributed by atoms with Gasteiger partial charge < -0.3 is 20.2 Å². The Labute approximate surface area is 208 Å². The number of nitrogens with zero attached hydrogens (tertiary/aromatic N) is 3. The minimum absolute atomic E-state index is 0.0993. The Morgan fingerprint density at radius 3 is 2.71 bits per heavy atom. The molecule has 1 unspecified atom stereocenters. The van der Waals surface area contributed by atoms with Crippen LogP contribution in [0.25, 0.3) is 10.9 Å². The van der Waals surface area contributed by atoms with Crippen molar-refractivity contribution in [1.82, 2.24) is 19.7 Å². The number of rotatable bonds is 4. The standard InChI is InChI=1S/C24H30N4O4S2/c1-14(26(4)23(31)32)20(33)25-16-10-12-34-18-13-24(2,3)19(28(18)21(16)29)22(30)27-11-9-15-7-5-6-8-17(15)27/h5-9,11,14,16,18-19H,10,12-13H2,1-4H3,(H,25,33)(H,31,32)/t14?,16-,18-,19-/m0/s1. The molecule has 2 amide bonds. The highest BCUT2D eigenvalue weighted by Gasteiger charge is 2.54. The topological polar surface area (TPSA) is 94.9 Å². The van der Waals surface area contributed by atoms with Crippen LogP contribution in [0.3, 0.4) is 0 Å². The normalized spacial score (nSPS) is 24.9. The van der Waals surface area contributed by atoms with Crippen molar-refractivity contribution >= 4 is 57.8 Å². The molecule has 4 atom stereocenters. The molecule has 1 aromatic carbocycles. The van der Waals surface area contributed by atoms with Gasteiger partial charge in [0.05, 0.1) is 21.9 Å². The smallest absolute Gasteiger partial charge is 0.407 e. The molecule has 0 aliphatic carbocycles. The molecule has 10 heteroatoms. The molecular formula is C24H30N4O4S2. The number of carbonyl (C=O) groups excluding carboxylic acids is 2. The Morgan fingerprint density at radius 1 is 1.29 bits per heavy atom. The van der Waals surface area contributed by atoms with Gasteiger partial charge in [-0.2, -0.15) is 0 Å². The number of para-hydroxylation sites is 1. The molecule has 4 rings (SSSR count). The van der Waals surface area contributed by atoms with Gasteiger partial charge in [0.2, 0.25) is 5.91 Å². The van der Waals surface area contributed by atoms with Crippen LogP contribution in [-0.4, -0.2) is 78.7 Å². The van der Waals surface area contributed by atoms with Crippen LogP contribution in [0.15, 0.2) is 36.5 Å². The highest BCUT2D eigenvalue weighted by Crippen LogP contribution is 2.47. The summed E-state index contributed by atoms with van der Waals surface area (Å²) in [5.41, 5.74) is 0.415. The maximum Gasteiger partial charge on any atom is 0.407 e. The molecule has 34 heavy (non-hydrogen) atoms. The summed E-state index contributed by atoms with van der Waals surface area (Å²) < 4.78 is 1.66. The quantitative estimate of drug-likeness (QED) is 0.616. The summed E-state index contributed by atoms with van der Waals surface area (Å²) in [6, 6.07) is 7.81. The highest BCUT2D eigenvalue weighted by molar-refractivity contribution is 7.99. The third-order valence-electron chi connectivity index (χ3n) is 6.95. The second-order valence-electron chi connectivity index (χ2n) is 9.67. The van der Waals surface area contributed by atoms with Crippen molar-refractivity contribution in [2.75, 3.05) is 12.8 Å². The molecule has 0 bridgehead atoms. The first-order valence-electron chi connectivity index (χ1n) is 11.3. The van der Waals surface area contributed by atoms with Crippen molar-refractivity contribution in [2.24, 2.45) is 5.41 Å². The molecule has 2 aliphatic heterocycles. The van der Waals surface area contributed by atoms with Gasteiger partial charge in [0.15, 0.2) is 0 Å². The zero-order valence-electron chi connectivity index (χ0n) is 19.7. The van der Waals surface area contributed by atoms with Crippen molar-refractivity contribution in [3.63, 3.8) is 0 Å². The number of nitrogens with one attached hydrogen (secondary N) is 1. The molecule has 8 nitrogen and oxygen atoms in total. The second-order valence-corrected chi connectivity index (χ2v) is 11.4. The zero-order valence-corrected chi connectivity index (χ0v) is 21.4. The molecule has 2 aliphatic rings. The molecule has 182 valence electrons. The fourth-order valence-electron chi connectivity index (χ4n) is 4.86. The summed E-state index contributed by atoms with van der Waals surface area (Å²) in [5, 5.41) is 13.3. The lowest BCUT2D eigenvalue weighted by Crippen LogP contribution is -2.56. The van der Waals surface area contributed by atoms with Crippen LogP contribution in [0.2, 0.25) is 0 Å². The van der Waals surface area contributed by atoms with Crippen LogP contribution >= 0.6 is 24.0 Å². The number of hydrogen-bond acceptors (Lipinski definition) is 5. The number of carboxylic acid groups (broad SMARTS) is 1. The molecule has 2 fully saturated rings. The van der Waals surface area contributed by atoms with Crippen molar-refractivity contribution in [1.29, 1.82) is 0 Å². The lowest BCUT2D eigenvalue weighted by Gasteiger charge is -2.34. The highest BCUT2D eigenvalue weighted by atomic mass is 32.2. The lowest BCUT2D eigenvalue weighted by molar-refractivity contribution is -0.134. The minimum Gasteiger partial charge on any atom is -0.465 e. The van der Waals surface area contributed by atoms with E-state index in [1.165, 1.54) is 7.05 Å². The number of likely N-dealkylation sites (N-methyl/N-ethyl adjacent to an activating group) is 1. The predicted octanol–water partition coefficient (Wildman–Crippen LogP) is 3.66. The average Bonchev–Trinajstić information content (AvgIpc) is 3.30. The molecule has 2 aromatic rings. The maximum absolute atomic E-state index is 13.9. The van der Waals surface area contributed by atoms with Crippen molar-refractivity contribution < 1.29 is 19.5 Å². The fraction of sp³-hybridized carbons (Fsp3) is 0.500. The van der Waals surface area contributed by atoms with Crippen LogP contribution in [-0.2, 0) is 4.79 Å². The van der Waals surface area contributed by atoms with E-state index in [0.29, 0.717) is 17.8 Å². The van der Waals surface area contributed by atoms with Crippen LogP contribution < -0.4 is 5.32 Å². The van der Waals surface area contributed by atoms with E-state index in [1.807, 2.05) is 44.2 Å². The first kappa shape index (κ1) is 24.5. The molecule has 2 N–H and O–H groups in total. The Morgan fingerprint density at radius 2 is 2.00 bits per heavy atom. The summed E-state index contributed by atoms with van der Waals surface area (Å²) in [7, 11) is 1.45. The summed E-state index contributed by atoms with van der Waals surface area (Å²) in [4.78, 5) is 42.2. The van der Waals surface area contributed by atoms with Gasteiger partial charge in [-0.25, -0.2) is 4.79 Å². The molecular weight excluding hydrogens is 472 g/mol. The van der Waals surface area contributed by atoms with Gasteiger partial charge in [-0.15, -0.1) is 11.8 Å². The molecule has 0 radical (unpaired) electrons. The monoisotopic (exact) mass is 502 g/mol. The summed E-state index contributed by atoms with van der Waals surface area (Å²) in [5.74, 6) is 0.451. The molecule has 0 saturated carbocycles. The average molecular weight is 503 g/mol. The zero-order chi connectivity index (χ0) is 24.8. The lowest BCUT2D eigenvalue weighted by atomic mass is 9.84. The van der Waals surface area contributed by atoms with Gasteiger partial charge in [0, 0.05) is 18.6 Å². The van der Waals surface area contributed by atoms with Crippen LogP contribution in [0.1, 0.15) is 38.4 Å². The molecule has 0 spiro atoms. The Bertz CT molecular complexity index is 1150. The summed E-state index contributed by atoms with van der Waals surface area (Å²) in [6.07, 6.45) is 1.95. The van der Waals surface area contributed by atoms with E-state index in [1.54, 1.807) is 34.3 Å². The largest absolute Gasteiger partial charge is 0.465 e. The predicted molar refractivity (Wildman–Crippen MR) is 137 cm³/mol. The van der Waals surface area contributed by atoms with Crippen LogP contribution in [0, 0.1) is 5.41 Å².